The third-order valence-corrected chi connectivity index (χ3v) is 2.78. The van der Waals surface area contributed by atoms with E-state index in [2.05, 4.69) is 0 Å². The van der Waals surface area contributed by atoms with Crippen molar-refractivity contribution in [3.63, 3.8) is 0 Å². The van der Waals surface area contributed by atoms with Crippen molar-refractivity contribution in [3.05, 3.63) is 33.8 Å². The molecule has 1 atom stereocenters. The van der Waals surface area contributed by atoms with Gasteiger partial charge in [-0.25, -0.2) is 0 Å². The van der Waals surface area contributed by atoms with Crippen LogP contribution in [0.1, 0.15) is 12.5 Å². The van der Waals surface area contributed by atoms with Gasteiger partial charge in [0.05, 0.1) is 6.04 Å². The van der Waals surface area contributed by atoms with Gasteiger partial charge in [0.25, 0.3) is 0 Å². The molecule has 1 amide bonds. The Morgan fingerprint density at radius 3 is 2.62 bits per heavy atom. The largest absolute Gasteiger partial charge is 0.340 e. The van der Waals surface area contributed by atoms with Crippen molar-refractivity contribution in [1.82, 2.24) is 4.90 Å². The van der Waals surface area contributed by atoms with E-state index < -0.39 is 6.04 Å². The van der Waals surface area contributed by atoms with Gasteiger partial charge in [0, 0.05) is 23.6 Å². The van der Waals surface area contributed by atoms with E-state index in [0.29, 0.717) is 16.6 Å². The highest BCUT2D eigenvalue weighted by Gasteiger charge is 2.14. The minimum atomic E-state index is -0.504. The Balaban J connectivity index is 2.77. The molecule has 1 aromatic rings. The third kappa shape index (κ3) is 3.37. The lowest BCUT2D eigenvalue weighted by atomic mass is 10.2. The summed E-state index contributed by atoms with van der Waals surface area (Å²) in [7, 11) is 1.69. The molecule has 1 rings (SSSR count). The quantitative estimate of drug-likeness (QED) is 0.907. The summed E-state index contributed by atoms with van der Waals surface area (Å²) in [5.74, 6) is -0.119. The molecule has 2 N–H and O–H groups in total. The summed E-state index contributed by atoms with van der Waals surface area (Å²) >= 11 is 11.8. The van der Waals surface area contributed by atoms with Crippen LogP contribution in [-0.2, 0) is 11.3 Å². The van der Waals surface area contributed by atoms with Crippen LogP contribution >= 0.6 is 23.2 Å². The number of nitrogens with zero attached hydrogens (tertiary/aromatic N) is 1. The minimum absolute atomic E-state index is 0.119. The summed E-state index contributed by atoms with van der Waals surface area (Å²) in [4.78, 5) is 13.1. The molecule has 1 aromatic carbocycles. The molecule has 0 aliphatic rings. The van der Waals surface area contributed by atoms with E-state index in [9.17, 15) is 4.79 Å². The molecular formula is C11H14Cl2N2O. The lowest BCUT2D eigenvalue weighted by Crippen LogP contribution is -2.39. The molecule has 3 nitrogen and oxygen atoms in total. The highest BCUT2D eigenvalue weighted by molar-refractivity contribution is 6.35. The monoisotopic (exact) mass is 260 g/mol. The van der Waals surface area contributed by atoms with Crippen molar-refractivity contribution in [2.45, 2.75) is 19.5 Å². The average Bonchev–Trinajstić information content (AvgIpc) is 2.20. The summed E-state index contributed by atoms with van der Waals surface area (Å²) < 4.78 is 0. The van der Waals surface area contributed by atoms with Gasteiger partial charge >= 0.3 is 0 Å². The number of amides is 1. The molecule has 0 fully saturated rings. The Bertz CT molecular complexity index is 394. The summed E-state index contributed by atoms with van der Waals surface area (Å²) in [6.07, 6.45) is 0. The van der Waals surface area contributed by atoms with Crippen LogP contribution in [0.15, 0.2) is 18.2 Å². The maximum atomic E-state index is 11.6. The van der Waals surface area contributed by atoms with Crippen LogP contribution in [0.25, 0.3) is 0 Å². The number of halogens is 2. The van der Waals surface area contributed by atoms with Crippen molar-refractivity contribution in [3.8, 4) is 0 Å². The Kier molecular flexibility index (Phi) is 4.59. The smallest absolute Gasteiger partial charge is 0.239 e. The van der Waals surface area contributed by atoms with Gasteiger partial charge in [-0.15, -0.1) is 0 Å². The lowest BCUT2D eigenvalue weighted by molar-refractivity contribution is -0.131. The molecule has 0 bridgehead atoms. The first kappa shape index (κ1) is 13.3. The summed E-state index contributed by atoms with van der Waals surface area (Å²) in [6, 6.07) is 4.70. The van der Waals surface area contributed by atoms with Gasteiger partial charge in [-0.1, -0.05) is 29.3 Å². The maximum Gasteiger partial charge on any atom is 0.239 e. The number of carbonyl (C=O) groups is 1. The molecule has 88 valence electrons. The van der Waals surface area contributed by atoms with Crippen LogP contribution in [0, 0.1) is 0 Å². The van der Waals surface area contributed by atoms with Crippen molar-refractivity contribution in [2.75, 3.05) is 7.05 Å². The minimum Gasteiger partial charge on any atom is -0.340 e. The molecule has 0 spiro atoms. The summed E-state index contributed by atoms with van der Waals surface area (Å²) in [5.41, 5.74) is 6.36. The molecule has 16 heavy (non-hydrogen) atoms. The number of benzene rings is 1. The number of rotatable bonds is 3. The van der Waals surface area contributed by atoms with E-state index in [1.807, 2.05) is 0 Å². The van der Waals surface area contributed by atoms with Gasteiger partial charge in [0.2, 0.25) is 5.91 Å². The van der Waals surface area contributed by atoms with Gasteiger partial charge in [-0.05, 0) is 24.6 Å². The van der Waals surface area contributed by atoms with E-state index in [4.69, 9.17) is 28.9 Å². The van der Waals surface area contributed by atoms with Crippen molar-refractivity contribution < 1.29 is 4.79 Å². The zero-order chi connectivity index (χ0) is 12.3. The number of hydrogen-bond donors (Lipinski definition) is 1. The standard InChI is InChI=1S/C11H14Cl2N2O/c1-7(14)11(16)15(2)6-8-3-4-9(12)5-10(8)13/h3-5,7H,6,14H2,1-2H3. The Morgan fingerprint density at radius 1 is 1.50 bits per heavy atom. The number of nitrogens with two attached hydrogens (primary N) is 1. The zero-order valence-electron chi connectivity index (χ0n) is 9.21. The van der Waals surface area contributed by atoms with Crippen LogP contribution in [0.5, 0.6) is 0 Å². The first-order valence-electron chi connectivity index (χ1n) is 4.86. The molecule has 0 radical (unpaired) electrons. The molecule has 0 aromatic heterocycles. The second-order valence-electron chi connectivity index (χ2n) is 3.72. The fraction of sp³-hybridized carbons (Fsp3) is 0.364. The van der Waals surface area contributed by atoms with Crippen molar-refractivity contribution in [1.29, 1.82) is 0 Å². The number of carbonyl (C=O) groups excluding carboxylic acids is 1. The van der Waals surface area contributed by atoms with Crippen LogP contribution < -0.4 is 5.73 Å². The van der Waals surface area contributed by atoms with Gasteiger partial charge in [-0.2, -0.15) is 0 Å². The van der Waals surface area contributed by atoms with Gasteiger partial charge in [0.1, 0.15) is 0 Å². The lowest BCUT2D eigenvalue weighted by Gasteiger charge is -2.20. The summed E-state index contributed by atoms with van der Waals surface area (Å²) in [5, 5.41) is 1.13. The molecular weight excluding hydrogens is 247 g/mol. The average molecular weight is 261 g/mol. The van der Waals surface area contributed by atoms with E-state index in [-0.39, 0.29) is 5.91 Å². The van der Waals surface area contributed by atoms with Gasteiger partial charge in [0.15, 0.2) is 0 Å². The van der Waals surface area contributed by atoms with Crippen molar-refractivity contribution >= 4 is 29.1 Å². The van der Waals surface area contributed by atoms with Crippen LogP contribution in [-0.4, -0.2) is 23.9 Å². The third-order valence-electron chi connectivity index (χ3n) is 2.19. The van der Waals surface area contributed by atoms with Gasteiger partial charge in [-0.3, -0.25) is 4.79 Å². The number of likely N-dealkylation sites (N-methyl/N-ethyl adjacent to an activating group) is 1. The second-order valence-corrected chi connectivity index (χ2v) is 4.56. The Hall–Kier alpha value is -0.770. The van der Waals surface area contributed by atoms with E-state index in [1.54, 1.807) is 37.1 Å². The maximum absolute atomic E-state index is 11.6. The second kappa shape index (κ2) is 5.53. The first-order chi connectivity index (χ1) is 7.41. The molecule has 0 saturated carbocycles. The predicted octanol–water partition coefficient (Wildman–Crippen LogP) is 2.30. The fourth-order valence-corrected chi connectivity index (χ4v) is 1.80. The zero-order valence-corrected chi connectivity index (χ0v) is 10.7. The van der Waals surface area contributed by atoms with Crippen LogP contribution in [0.2, 0.25) is 10.0 Å². The fourth-order valence-electron chi connectivity index (χ4n) is 1.33. The molecule has 0 aliphatic carbocycles. The Labute approximate surface area is 105 Å². The number of hydrogen-bond acceptors (Lipinski definition) is 2. The van der Waals surface area contributed by atoms with E-state index in [1.165, 1.54) is 0 Å². The normalized spacial score (nSPS) is 12.3. The molecule has 0 saturated heterocycles. The van der Waals surface area contributed by atoms with Crippen molar-refractivity contribution in [2.24, 2.45) is 5.73 Å². The molecule has 1 unspecified atom stereocenters. The highest BCUT2D eigenvalue weighted by Crippen LogP contribution is 2.22. The predicted molar refractivity (Wildman–Crippen MR) is 66.6 cm³/mol. The molecule has 5 heteroatoms. The van der Waals surface area contributed by atoms with E-state index >= 15 is 0 Å². The summed E-state index contributed by atoms with van der Waals surface area (Å²) in [6.45, 7) is 2.08. The SMILES string of the molecule is CC(N)C(=O)N(C)Cc1ccc(Cl)cc1Cl. The Morgan fingerprint density at radius 2 is 2.12 bits per heavy atom. The van der Waals surface area contributed by atoms with E-state index in [0.717, 1.165) is 5.56 Å². The first-order valence-corrected chi connectivity index (χ1v) is 5.62. The topological polar surface area (TPSA) is 46.3 Å². The van der Waals surface area contributed by atoms with Gasteiger partial charge < -0.3 is 10.6 Å². The molecule has 0 aliphatic heterocycles. The molecule has 0 heterocycles. The van der Waals surface area contributed by atoms with Crippen LogP contribution in [0.4, 0.5) is 0 Å². The highest BCUT2D eigenvalue weighted by atomic mass is 35.5. The van der Waals surface area contributed by atoms with Crippen LogP contribution in [0.3, 0.4) is 0 Å².